The minimum Gasteiger partial charge on any atom is -0.505 e. The van der Waals surface area contributed by atoms with E-state index in [0.717, 1.165) is 63.7 Å². The molecule has 4 N–H and O–H groups in total. The van der Waals surface area contributed by atoms with Gasteiger partial charge < -0.3 is 25.8 Å². The summed E-state index contributed by atoms with van der Waals surface area (Å²) in [6.07, 6.45) is 9.41. The van der Waals surface area contributed by atoms with Gasteiger partial charge in [-0.3, -0.25) is 4.90 Å². The zero-order chi connectivity index (χ0) is 32.4. The minimum absolute atomic E-state index is 0.0314. The Bertz CT molecular complexity index is 1910. The number of anilines is 1. The van der Waals surface area contributed by atoms with Crippen LogP contribution in [0.15, 0.2) is 24.4 Å². The first-order valence-corrected chi connectivity index (χ1v) is 16.6. The van der Waals surface area contributed by atoms with Crippen LogP contribution >= 0.6 is 0 Å². The monoisotopic (exact) mass is 645 g/mol. The Kier molecular flexibility index (Phi) is 7.40. The number of nitrogens with zero attached hydrogens (tertiary/aromatic N) is 5. The molecule has 4 aromatic rings. The molecule has 4 aliphatic rings. The Morgan fingerprint density at radius 2 is 1.79 bits per heavy atom. The van der Waals surface area contributed by atoms with E-state index >= 15 is 13.2 Å². The highest BCUT2D eigenvalue weighted by atomic mass is 19.1. The van der Waals surface area contributed by atoms with Crippen molar-refractivity contribution in [3.63, 3.8) is 0 Å². The van der Waals surface area contributed by atoms with Gasteiger partial charge in [-0.1, -0.05) is 6.92 Å². The van der Waals surface area contributed by atoms with Crippen molar-refractivity contribution in [1.29, 1.82) is 0 Å². The number of ether oxygens (including phenoxy) is 1. The topological polar surface area (TPSA) is 113 Å². The van der Waals surface area contributed by atoms with Gasteiger partial charge in [-0.25, -0.2) is 18.2 Å². The van der Waals surface area contributed by atoms with Gasteiger partial charge in [0, 0.05) is 41.5 Å². The van der Waals surface area contributed by atoms with Crippen molar-refractivity contribution in [2.45, 2.75) is 69.5 Å². The number of halogens is 3. The number of benzene rings is 2. The number of aromatic nitrogens is 3. The van der Waals surface area contributed by atoms with Crippen molar-refractivity contribution in [1.82, 2.24) is 25.2 Å². The van der Waals surface area contributed by atoms with E-state index in [9.17, 15) is 5.11 Å². The number of rotatable bonds is 7. The number of phenols is 1. The molecule has 0 spiro atoms. The molecule has 8 rings (SSSR count). The van der Waals surface area contributed by atoms with Gasteiger partial charge in [0.25, 0.3) is 0 Å². The Balaban J connectivity index is 1.36. The van der Waals surface area contributed by atoms with Gasteiger partial charge in [0.15, 0.2) is 17.4 Å². The van der Waals surface area contributed by atoms with E-state index < -0.39 is 23.2 Å². The number of fused-ring (bicyclic) bond motifs is 5. The number of nitrogens with one attached hydrogen (secondary N) is 1. The second-order valence-corrected chi connectivity index (χ2v) is 13.4. The normalized spacial score (nSPS) is 22.3. The molecule has 6 heterocycles. The third kappa shape index (κ3) is 4.86. The first kappa shape index (κ1) is 30.2. The predicted octanol–water partition coefficient (Wildman–Crippen LogP) is 5.41. The number of nitrogens with two attached hydrogens (primary N) is 1. The first-order valence-electron chi connectivity index (χ1n) is 16.6. The Hall–Kier alpha value is -4.16. The highest BCUT2D eigenvalue weighted by Gasteiger charge is 2.45. The maximum Gasteiger partial charge on any atom is 0.319 e. The summed E-state index contributed by atoms with van der Waals surface area (Å²) in [5, 5.41) is 14.7. The maximum absolute atomic E-state index is 17.1. The van der Waals surface area contributed by atoms with E-state index in [-0.39, 0.29) is 63.2 Å². The fraction of sp³-hybridized carbons (Fsp3) is 0.457. The van der Waals surface area contributed by atoms with E-state index in [0.29, 0.717) is 36.6 Å². The Morgan fingerprint density at radius 1 is 1.04 bits per heavy atom. The second kappa shape index (κ2) is 11.5. The van der Waals surface area contributed by atoms with Crippen molar-refractivity contribution in [3.8, 4) is 23.0 Å². The standard InChI is InChI=1S/C35H38F3N7O2/c1-2-21-24(36)8-7-22-27(21)23(15-26(46)29(22)37)31-30(38)32-28(25(41-31)9-12-39)33(44-16-19-5-6-20(17-44)40-19)43-34(42-32)47-18-35-10-3-13-45(35)14-4-11-35/h7-9,12,15,19-20,40,46H,2-6,10-11,13-14,16-18,39H2,1H3/b12-9-. The molecule has 2 aromatic carbocycles. The summed E-state index contributed by atoms with van der Waals surface area (Å²) in [6.45, 7) is 5.55. The van der Waals surface area contributed by atoms with Crippen LogP contribution in [0.1, 0.15) is 56.7 Å². The average Bonchev–Trinajstić information content (AvgIpc) is 3.76. The average molecular weight is 646 g/mol. The lowest BCUT2D eigenvalue weighted by atomic mass is 9.93. The lowest BCUT2D eigenvalue weighted by Crippen LogP contribution is -2.51. The number of pyridine rings is 1. The Morgan fingerprint density at radius 3 is 2.49 bits per heavy atom. The molecular weight excluding hydrogens is 607 g/mol. The Labute approximate surface area is 270 Å². The van der Waals surface area contributed by atoms with Crippen LogP contribution < -0.4 is 20.7 Å². The fourth-order valence-corrected chi connectivity index (χ4v) is 8.53. The zero-order valence-electron chi connectivity index (χ0n) is 26.3. The molecule has 0 saturated carbocycles. The van der Waals surface area contributed by atoms with Crippen LogP contribution in [-0.2, 0) is 6.42 Å². The van der Waals surface area contributed by atoms with Crippen LogP contribution in [0.25, 0.3) is 39.0 Å². The molecule has 2 atom stereocenters. The fourth-order valence-electron chi connectivity index (χ4n) is 8.53. The van der Waals surface area contributed by atoms with Crippen molar-refractivity contribution in [2.24, 2.45) is 5.73 Å². The van der Waals surface area contributed by atoms with E-state index in [1.807, 2.05) is 0 Å². The van der Waals surface area contributed by atoms with Crippen LogP contribution in [0.3, 0.4) is 0 Å². The number of piperazine rings is 1. The number of phenolic OH excluding ortho intramolecular Hbond substituents is 1. The molecule has 0 aliphatic carbocycles. The van der Waals surface area contributed by atoms with Crippen molar-refractivity contribution >= 4 is 33.6 Å². The van der Waals surface area contributed by atoms with Gasteiger partial charge in [0.1, 0.15) is 29.5 Å². The third-order valence-corrected chi connectivity index (χ3v) is 10.7. The molecule has 12 heteroatoms. The third-order valence-electron chi connectivity index (χ3n) is 10.7. The highest BCUT2D eigenvalue weighted by molar-refractivity contribution is 6.04. The quantitative estimate of drug-likeness (QED) is 0.243. The molecule has 9 nitrogen and oxygen atoms in total. The molecule has 0 radical (unpaired) electrons. The van der Waals surface area contributed by atoms with Gasteiger partial charge >= 0.3 is 6.01 Å². The van der Waals surface area contributed by atoms with E-state index in [1.54, 1.807) is 13.0 Å². The summed E-state index contributed by atoms with van der Waals surface area (Å²) in [5.41, 5.74) is 6.13. The summed E-state index contributed by atoms with van der Waals surface area (Å²) < 4.78 is 53.9. The van der Waals surface area contributed by atoms with Crippen LogP contribution in [0.5, 0.6) is 11.8 Å². The molecule has 4 aliphatic heterocycles. The minimum atomic E-state index is -0.914. The van der Waals surface area contributed by atoms with Crippen LogP contribution in [0.4, 0.5) is 19.0 Å². The van der Waals surface area contributed by atoms with E-state index in [2.05, 4.69) is 20.1 Å². The number of hydrogen-bond acceptors (Lipinski definition) is 9. The van der Waals surface area contributed by atoms with Gasteiger partial charge in [-0.2, -0.15) is 9.97 Å². The van der Waals surface area contributed by atoms with Crippen molar-refractivity contribution < 1.29 is 23.0 Å². The summed E-state index contributed by atoms with van der Waals surface area (Å²) in [5.74, 6) is -2.47. The molecular formula is C35H38F3N7O2. The van der Waals surface area contributed by atoms with E-state index in [1.165, 1.54) is 12.3 Å². The summed E-state index contributed by atoms with van der Waals surface area (Å²) in [6, 6.07) is 4.12. The lowest BCUT2D eigenvalue weighted by molar-refractivity contribution is 0.108. The molecule has 47 heavy (non-hydrogen) atoms. The molecule has 246 valence electrons. The van der Waals surface area contributed by atoms with Crippen LogP contribution in [0.2, 0.25) is 0 Å². The van der Waals surface area contributed by atoms with Crippen LogP contribution in [-0.4, -0.2) is 75.4 Å². The van der Waals surface area contributed by atoms with Gasteiger partial charge in [-0.15, -0.1) is 0 Å². The molecule has 2 aromatic heterocycles. The summed E-state index contributed by atoms with van der Waals surface area (Å²) in [7, 11) is 0. The van der Waals surface area contributed by atoms with Crippen molar-refractivity contribution in [3.05, 3.63) is 53.1 Å². The molecule has 2 bridgehead atoms. The summed E-state index contributed by atoms with van der Waals surface area (Å²) >= 11 is 0. The first-order chi connectivity index (χ1) is 22.8. The molecule has 0 amide bonds. The number of aryl methyl sites for hydroxylation is 1. The van der Waals surface area contributed by atoms with Gasteiger partial charge in [0.05, 0.1) is 16.6 Å². The van der Waals surface area contributed by atoms with Gasteiger partial charge in [-0.05, 0) is 94.1 Å². The molecule has 4 saturated heterocycles. The highest BCUT2D eigenvalue weighted by Crippen LogP contribution is 2.43. The van der Waals surface area contributed by atoms with Crippen molar-refractivity contribution in [2.75, 3.05) is 37.7 Å². The maximum atomic E-state index is 17.1. The van der Waals surface area contributed by atoms with Gasteiger partial charge in [0.2, 0.25) is 0 Å². The van der Waals surface area contributed by atoms with E-state index in [4.69, 9.17) is 20.4 Å². The number of hydrogen-bond donors (Lipinski definition) is 3. The number of aromatic hydroxyl groups is 1. The summed E-state index contributed by atoms with van der Waals surface area (Å²) in [4.78, 5) is 18.9. The lowest BCUT2D eigenvalue weighted by Gasteiger charge is -2.35. The molecule has 4 fully saturated rings. The predicted molar refractivity (Wildman–Crippen MR) is 175 cm³/mol. The smallest absolute Gasteiger partial charge is 0.319 e. The van der Waals surface area contributed by atoms with Crippen LogP contribution in [0, 0.1) is 17.5 Å². The largest absolute Gasteiger partial charge is 0.505 e. The molecule has 2 unspecified atom stereocenters. The SMILES string of the molecule is CCc1c(F)ccc2c(F)c(O)cc(-c3nc(/C=C\N)c4c(N5CC6CCC(C5)N6)nc(OCC56CCCN5CCC6)nc4c3F)c12. The zero-order valence-corrected chi connectivity index (χ0v) is 26.3. The second-order valence-electron chi connectivity index (χ2n) is 13.4.